The number of nitrogens with one attached hydrogen (secondary N) is 1. The van der Waals surface area contributed by atoms with E-state index in [1.54, 1.807) is 0 Å². The lowest BCUT2D eigenvalue weighted by Crippen LogP contribution is -2.51. The molecule has 0 atom stereocenters. The van der Waals surface area contributed by atoms with Gasteiger partial charge in [-0.3, -0.25) is 4.90 Å². The maximum Gasteiger partial charge on any atom is 0.324 e. The minimum Gasteiger partial charge on any atom is -0.354 e. The molecule has 1 saturated carbocycles. The van der Waals surface area contributed by atoms with E-state index >= 15 is 0 Å². The Balaban J connectivity index is 1.69. The van der Waals surface area contributed by atoms with Crippen LogP contribution in [0, 0.1) is 0 Å². The van der Waals surface area contributed by atoms with Crippen LogP contribution in [0.1, 0.15) is 58.4 Å². The van der Waals surface area contributed by atoms with Gasteiger partial charge >= 0.3 is 6.03 Å². The van der Waals surface area contributed by atoms with Crippen LogP contribution in [0.5, 0.6) is 0 Å². The van der Waals surface area contributed by atoms with Gasteiger partial charge in [0.1, 0.15) is 5.72 Å². The van der Waals surface area contributed by atoms with Crippen LogP contribution in [0.15, 0.2) is 24.3 Å². The molecule has 2 fully saturated rings. The minimum absolute atomic E-state index is 0.0343. The molecule has 23 heavy (non-hydrogen) atoms. The average molecular weight is 316 g/mol. The number of rotatable bonds is 1. The monoisotopic (exact) mass is 316 g/mol. The van der Waals surface area contributed by atoms with Gasteiger partial charge in [-0.05, 0) is 48.8 Å². The first-order valence-corrected chi connectivity index (χ1v) is 8.74. The highest BCUT2D eigenvalue weighted by Gasteiger charge is 2.45. The van der Waals surface area contributed by atoms with E-state index in [4.69, 9.17) is 4.74 Å². The molecule has 4 heteroatoms. The highest BCUT2D eigenvalue weighted by Crippen LogP contribution is 2.38. The van der Waals surface area contributed by atoms with Crippen LogP contribution in [0.3, 0.4) is 0 Å². The molecule has 1 aliphatic heterocycles. The van der Waals surface area contributed by atoms with E-state index in [0.717, 1.165) is 31.4 Å². The Hall–Kier alpha value is -1.55. The molecule has 1 N–H and O–H groups in total. The maximum atomic E-state index is 12.7. The summed E-state index contributed by atoms with van der Waals surface area (Å²) in [6, 6.07) is 8.12. The Morgan fingerprint density at radius 2 is 1.78 bits per heavy atom. The van der Waals surface area contributed by atoms with Gasteiger partial charge in [0.15, 0.2) is 0 Å². The summed E-state index contributed by atoms with van der Waals surface area (Å²) in [6.07, 6.45) is 5.45. The lowest BCUT2D eigenvalue weighted by atomic mass is 9.87. The summed E-state index contributed by atoms with van der Waals surface area (Å²) in [5, 5.41) is 3.04. The van der Waals surface area contributed by atoms with E-state index in [0.29, 0.717) is 13.2 Å². The summed E-state index contributed by atoms with van der Waals surface area (Å²) < 4.78 is 5.98. The van der Waals surface area contributed by atoms with Gasteiger partial charge in [-0.15, -0.1) is 0 Å². The van der Waals surface area contributed by atoms with Crippen molar-refractivity contribution in [1.29, 1.82) is 0 Å². The van der Waals surface area contributed by atoms with Crippen molar-refractivity contribution >= 4 is 11.7 Å². The average Bonchev–Trinajstić information content (AvgIpc) is 2.91. The second-order valence-corrected chi connectivity index (χ2v) is 7.76. The largest absolute Gasteiger partial charge is 0.354 e. The zero-order valence-electron chi connectivity index (χ0n) is 14.5. The van der Waals surface area contributed by atoms with Crippen molar-refractivity contribution in [1.82, 2.24) is 4.90 Å². The van der Waals surface area contributed by atoms with Gasteiger partial charge in [-0.1, -0.05) is 39.3 Å². The molecule has 0 bridgehead atoms. The van der Waals surface area contributed by atoms with E-state index in [9.17, 15) is 4.79 Å². The molecule has 1 heterocycles. The molecule has 1 aromatic carbocycles. The van der Waals surface area contributed by atoms with Crippen LogP contribution in [0.25, 0.3) is 0 Å². The van der Waals surface area contributed by atoms with Gasteiger partial charge in [-0.25, -0.2) is 4.79 Å². The van der Waals surface area contributed by atoms with Crippen LogP contribution in [0.4, 0.5) is 10.5 Å². The third-order valence-corrected chi connectivity index (χ3v) is 5.06. The lowest BCUT2D eigenvalue weighted by Gasteiger charge is -2.39. The van der Waals surface area contributed by atoms with E-state index in [1.807, 2.05) is 17.0 Å². The first kappa shape index (κ1) is 16.3. The second-order valence-electron chi connectivity index (χ2n) is 7.76. The summed E-state index contributed by atoms with van der Waals surface area (Å²) in [5.41, 5.74) is 1.88. The number of ether oxygens (including phenoxy) is 1. The SMILES string of the molecule is CC(C)(C)c1ccc(NC(=O)N2CCOC23CCCCC3)cc1. The second kappa shape index (κ2) is 6.16. The van der Waals surface area contributed by atoms with E-state index in [2.05, 4.69) is 38.2 Å². The van der Waals surface area contributed by atoms with Crippen molar-refractivity contribution in [3.63, 3.8) is 0 Å². The Morgan fingerprint density at radius 3 is 2.39 bits per heavy atom. The Morgan fingerprint density at radius 1 is 1.13 bits per heavy atom. The smallest absolute Gasteiger partial charge is 0.324 e. The first-order chi connectivity index (χ1) is 10.9. The van der Waals surface area contributed by atoms with Crippen LogP contribution >= 0.6 is 0 Å². The van der Waals surface area contributed by atoms with Gasteiger partial charge in [0.2, 0.25) is 0 Å². The number of urea groups is 1. The zero-order valence-corrected chi connectivity index (χ0v) is 14.5. The summed E-state index contributed by atoms with van der Waals surface area (Å²) in [7, 11) is 0. The van der Waals surface area contributed by atoms with E-state index in [-0.39, 0.29) is 17.2 Å². The number of benzene rings is 1. The number of hydrogen-bond acceptors (Lipinski definition) is 2. The van der Waals surface area contributed by atoms with Crippen molar-refractivity contribution in [3.8, 4) is 0 Å². The molecule has 2 aliphatic rings. The third-order valence-electron chi connectivity index (χ3n) is 5.06. The minimum atomic E-state index is -0.353. The summed E-state index contributed by atoms with van der Waals surface area (Å²) in [4.78, 5) is 14.6. The fourth-order valence-electron chi connectivity index (χ4n) is 3.66. The van der Waals surface area contributed by atoms with Crippen LogP contribution in [-0.2, 0) is 10.2 Å². The molecule has 0 unspecified atom stereocenters. The highest BCUT2D eigenvalue weighted by molar-refractivity contribution is 5.90. The van der Waals surface area contributed by atoms with E-state index in [1.165, 1.54) is 12.0 Å². The zero-order chi connectivity index (χ0) is 16.5. The molecule has 126 valence electrons. The van der Waals surface area contributed by atoms with Crippen molar-refractivity contribution in [2.75, 3.05) is 18.5 Å². The van der Waals surface area contributed by atoms with Gasteiger partial charge in [0, 0.05) is 12.2 Å². The van der Waals surface area contributed by atoms with Crippen molar-refractivity contribution in [3.05, 3.63) is 29.8 Å². The number of amides is 2. The van der Waals surface area contributed by atoms with Crippen molar-refractivity contribution in [2.24, 2.45) is 0 Å². The molecular weight excluding hydrogens is 288 g/mol. The van der Waals surface area contributed by atoms with Gasteiger partial charge in [0.05, 0.1) is 6.61 Å². The molecule has 1 aromatic rings. The Bertz CT molecular complexity index is 554. The summed E-state index contributed by atoms with van der Waals surface area (Å²) in [5.74, 6) is 0. The standard InChI is InChI=1S/C19H28N2O2/c1-18(2,3)15-7-9-16(10-8-15)20-17(22)21-13-14-23-19(21)11-5-4-6-12-19/h7-10H,4-6,11-14H2,1-3H3,(H,20,22). The maximum absolute atomic E-state index is 12.7. The molecule has 2 amide bonds. The molecular formula is C19H28N2O2. The number of carbonyl (C=O) groups is 1. The lowest BCUT2D eigenvalue weighted by molar-refractivity contribution is -0.0867. The molecule has 0 aromatic heterocycles. The fraction of sp³-hybridized carbons (Fsp3) is 0.632. The van der Waals surface area contributed by atoms with Gasteiger partial charge in [0.25, 0.3) is 0 Å². The molecule has 1 aliphatic carbocycles. The fourth-order valence-corrected chi connectivity index (χ4v) is 3.66. The van der Waals surface area contributed by atoms with Gasteiger partial charge < -0.3 is 10.1 Å². The van der Waals surface area contributed by atoms with Gasteiger partial charge in [-0.2, -0.15) is 0 Å². The normalized spacial score (nSPS) is 20.7. The highest BCUT2D eigenvalue weighted by atomic mass is 16.5. The number of anilines is 1. The summed E-state index contributed by atoms with van der Waals surface area (Å²) in [6.45, 7) is 7.90. The first-order valence-electron chi connectivity index (χ1n) is 8.74. The molecule has 1 saturated heterocycles. The van der Waals surface area contributed by atoms with E-state index < -0.39 is 0 Å². The number of carbonyl (C=O) groups excluding carboxylic acids is 1. The predicted octanol–water partition coefficient (Wildman–Crippen LogP) is 4.51. The Kier molecular flexibility index (Phi) is 4.37. The van der Waals surface area contributed by atoms with Crippen LogP contribution < -0.4 is 5.32 Å². The van der Waals surface area contributed by atoms with Crippen LogP contribution in [0.2, 0.25) is 0 Å². The van der Waals surface area contributed by atoms with Crippen LogP contribution in [-0.4, -0.2) is 29.8 Å². The Labute approximate surface area is 139 Å². The molecule has 3 rings (SSSR count). The molecule has 4 nitrogen and oxygen atoms in total. The molecule has 0 radical (unpaired) electrons. The predicted molar refractivity (Wildman–Crippen MR) is 92.6 cm³/mol. The van der Waals surface area contributed by atoms with Crippen molar-refractivity contribution in [2.45, 2.75) is 64.0 Å². The number of nitrogens with zero attached hydrogens (tertiary/aromatic N) is 1. The quantitative estimate of drug-likeness (QED) is 0.828. The number of hydrogen-bond donors (Lipinski definition) is 1. The van der Waals surface area contributed by atoms with Crippen molar-refractivity contribution < 1.29 is 9.53 Å². The topological polar surface area (TPSA) is 41.6 Å². The molecule has 1 spiro atoms. The third kappa shape index (κ3) is 3.37. The summed E-state index contributed by atoms with van der Waals surface area (Å²) >= 11 is 0.